The molecular formula is C14H20N2O2. The third-order valence-corrected chi connectivity index (χ3v) is 3.36. The average Bonchev–Trinajstić information content (AvgIpc) is 2.82. The van der Waals surface area contributed by atoms with Crippen LogP contribution in [-0.4, -0.2) is 37.6 Å². The van der Waals surface area contributed by atoms with Crippen LogP contribution in [0.4, 0.5) is 0 Å². The average molecular weight is 248 g/mol. The van der Waals surface area contributed by atoms with Crippen molar-refractivity contribution in [3.8, 4) is 0 Å². The smallest absolute Gasteiger partial charge is 0.327 e. The first kappa shape index (κ1) is 13.1. The number of likely N-dealkylation sites (tertiary alicyclic amines) is 1. The predicted octanol–water partition coefficient (Wildman–Crippen LogP) is 1.18. The quantitative estimate of drug-likeness (QED) is 0.813. The zero-order valence-corrected chi connectivity index (χ0v) is 10.7. The summed E-state index contributed by atoms with van der Waals surface area (Å²) in [4.78, 5) is 14.1. The Labute approximate surface area is 108 Å². The van der Waals surface area contributed by atoms with Crippen molar-refractivity contribution in [2.75, 3.05) is 26.7 Å². The molecule has 2 rings (SSSR count). The van der Waals surface area contributed by atoms with Gasteiger partial charge in [0.25, 0.3) is 0 Å². The summed E-state index contributed by atoms with van der Waals surface area (Å²) in [6, 6.07) is 8.65. The van der Waals surface area contributed by atoms with Gasteiger partial charge >= 0.3 is 5.97 Å². The van der Waals surface area contributed by atoms with Crippen LogP contribution in [0.2, 0.25) is 0 Å². The highest BCUT2D eigenvalue weighted by Gasteiger charge is 2.23. The van der Waals surface area contributed by atoms with Crippen molar-refractivity contribution in [3.05, 3.63) is 35.9 Å². The lowest BCUT2D eigenvalue weighted by Crippen LogP contribution is -2.26. The third-order valence-electron chi connectivity index (χ3n) is 3.36. The highest BCUT2D eigenvalue weighted by molar-refractivity contribution is 5.77. The SMILES string of the molecule is CN1CC[C@@H](COC(=O)C(N)c2ccccc2)C1. The monoisotopic (exact) mass is 248 g/mol. The standard InChI is InChI=1S/C14H20N2O2/c1-16-8-7-11(9-16)10-18-14(17)13(15)12-5-3-2-4-6-12/h2-6,11,13H,7-10,15H2,1H3/t11-,13?/m1/s1. The van der Waals surface area contributed by atoms with Crippen LogP contribution in [0.3, 0.4) is 0 Å². The summed E-state index contributed by atoms with van der Waals surface area (Å²) in [7, 11) is 2.08. The van der Waals surface area contributed by atoms with E-state index in [9.17, 15) is 4.79 Å². The maximum absolute atomic E-state index is 11.8. The highest BCUT2D eigenvalue weighted by atomic mass is 16.5. The van der Waals surface area contributed by atoms with E-state index in [0.29, 0.717) is 12.5 Å². The molecule has 0 spiro atoms. The van der Waals surface area contributed by atoms with Gasteiger partial charge in [-0.05, 0) is 25.6 Å². The molecule has 0 amide bonds. The Morgan fingerprint density at radius 1 is 1.50 bits per heavy atom. The van der Waals surface area contributed by atoms with Crippen molar-refractivity contribution in [1.29, 1.82) is 0 Å². The molecule has 1 aliphatic heterocycles. The van der Waals surface area contributed by atoms with E-state index in [-0.39, 0.29) is 5.97 Å². The second-order valence-electron chi connectivity index (χ2n) is 4.94. The molecule has 1 fully saturated rings. The van der Waals surface area contributed by atoms with Gasteiger partial charge in [-0.15, -0.1) is 0 Å². The molecule has 98 valence electrons. The summed E-state index contributed by atoms with van der Waals surface area (Å²) in [6.07, 6.45) is 1.09. The van der Waals surface area contributed by atoms with Crippen molar-refractivity contribution < 1.29 is 9.53 Å². The number of carbonyl (C=O) groups is 1. The van der Waals surface area contributed by atoms with Gasteiger partial charge in [0.05, 0.1) is 6.61 Å². The topological polar surface area (TPSA) is 55.6 Å². The molecular weight excluding hydrogens is 228 g/mol. The minimum Gasteiger partial charge on any atom is -0.464 e. The number of carbonyl (C=O) groups excluding carboxylic acids is 1. The Bertz CT molecular complexity index is 394. The van der Waals surface area contributed by atoms with E-state index in [2.05, 4.69) is 11.9 Å². The molecule has 0 aliphatic carbocycles. The molecule has 1 aromatic rings. The van der Waals surface area contributed by atoms with E-state index >= 15 is 0 Å². The van der Waals surface area contributed by atoms with Gasteiger partial charge in [0.1, 0.15) is 6.04 Å². The van der Waals surface area contributed by atoms with E-state index in [1.807, 2.05) is 30.3 Å². The summed E-state index contributed by atoms with van der Waals surface area (Å²) in [6.45, 7) is 2.55. The van der Waals surface area contributed by atoms with Gasteiger partial charge in [0.2, 0.25) is 0 Å². The molecule has 1 heterocycles. The molecule has 1 aliphatic rings. The molecule has 1 saturated heterocycles. The number of ether oxygens (including phenoxy) is 1. The van der Waals surface area contributed by atoms with Crippen LogP contribution in [0.5, 0.6) is 0 Å². The zero-order chi connectivity index (χ0) is 13.0. The summed E-state index contributed by atoms with van der Waals surface area (Å²) in [5.41, 5.74) is 6.66. The number of hydrogen-bond acceptors (Lipinski definition) is 4. The molecule has 18 heavy (non-hydrogen) atoms. The van der Waals surface area contributed by atoms with Gasteiger partial charge in [-0.25, -0.2) is 4.79 Å². The first-order valence-corrected chi connectivity index (χ1v) is 6.32. The van der Waals surface area contributed by atoms with Crippen LogP contribution >= 0.6 is 0 Å². The number of esters is 1. The van der Waals surface area contributed by atoms with Gasteiger partial charge in [-0.2, -0.15) is 0 Å². The van der Waals surface area contributed by atoms with E-state index in [1.54, 1.807) is 0 Å². The molecule has 0 bridgehead atoms. The number of nitrogens with zero attached hydrogens (tertiary/aromatic N) is 1. The van der Waals surface area contributed by atoms with Gasteiger partial charge in [0, 0.05) is 12.5 Å². The molecule has 2 N–H and O–H groups in total. The first-order valence-electron chi connectivity index (χ1n) is 6.32. The third kappa shape index (κ3) is 3.31. The molecule has 4 heteroatoms. The van der Waals surface area contributed by atoms with Crippen molar-refractivity contribution in [2.45, 2.75) is 12.5 Å². The normalized spacial score (nSPS) is 21.8. The summed E-state index contributed by atoms with van der Waals surface area (Å²) >= 11 is 0. The Balaban J connectivity index is 1.81. The molecule has 1 unspecified atom stereocenters. The lowest BCUT2D eigenvalue weighted by molar-refractivity contribution is -0.146. The fourth-order valence-electron chi connectivity index (χ4n) is 2.25. The van der Waals surface area contributed by atoms with Crippen LogP contribution < -0.4 is 5.73 Å². The van der Waals surface area contributed by atoms with E-state index in [1.165, 1.54) is 0 Å². The van der Waals surface area contributed by atoms with Gasteiger partial charge < -0.3 is 15.4 Å². The fourth-order valence-corrected chi connectivity index (χ4v) is 2.25. The number of hydrogen-bond donors (Lipinski definition) is 1. The number of rotatable bonds is 4. The van der Waals surface area contributed by atoms with E-state index in [0.717, 1.165) is 25.1 Å². The van der Waals surface area contributed by atoms with Crippen LogP contribution in [0.25, 0.3) is 0 Å². The fraction of sp³-hybridized carbons (Fsp3) is 0.500. The van der Waals surface area contributed by atoms with Crippen LogP contribution in [0.15, 0.2) is 30.3 Å². The second kappa shape index (κ2) is 5.98. The highest BCUT2D eigenvalue weighted by Crippen LogP contribution is 2.16. The number of nitrogens with two attached hydrogens (primary N) is 1. The lowest BCUT2D eigenvalue weighted by atomic mass is 10.1. The number of benzene rings is 1. The summed E-state index contributed by atoms with van der Waals surface area (Å²) in [5, 5.41) is 0. The maximum Gasteiger partial charge on any atom is 0.327 e. The van der Waals surface area contributed by atoms with Gasteiger partial charge in [-0.3, -0.25) is 0 Å². The molecule has 1 aromatic carbocycles. The molecule has 0 saturated carbocycles. The van der Waals surface area contributed by atoms with Crippen LogP contribution in [-0.2, 0) is 9.53 Å². The Kier molecular flexibility index (Phi) is 4.33. The molecule has 2 atom stereocenters. The van der Waals surface area contributed by atoms with Crippen LogP contribution in [0, 0.1) is 5.92 Å². The molecule has 0 radical (unpaired) electrons. The summed E-state index contributed by atoms with van der Waals surface area (Å²) in [5.74, 6) is 0.109. The van der Waals surface area contributed by atoms with Crippen molar-refractivity contribution in [1.82, 2.24) is 4.90 Å². The largest absolute Gasteiger partial charge is 0.464 e. The summed E-state index contributed by atoms with van der Waals surface area (Å²) < 4.78 is 5.30. The van der Waals surface area contributed by atoms with Gasteiger partial charge in [0.15, 0.2) is 0 Å². The Morgan fingerprint density at radius 3 is 2.83 bits per heavy atom. The van der Waals surface area contributed by atoms with E-state index in [4.69, 9.17) is 10.5 Å². The van der Waals surface area contributed by atoms with Crippen molar-refractivity contribution in [2.24, 2.45) is 11.7 Å². The maximum atomic E-state index is 11.8. The van der Waals surface area contributed by atoms with Gasteiger partial charge in [-0.1, -0.05) is 30.3 Å². The Morgan fingerprint density at radius 2 is 2.22 bits per heavy atom. The Hall–Kier alpha value is -1.39. The lowest BCUT2D eigenvalue weighted by Gasteiger charge is -2.14. The minimum absolute atomic E-state index is 0.337. The first-order chi connectivity index (χ1) is 8.66. The van der Waals surface area contributed by atoms with E-state index < -0.39 is 6.04 Å². The minimum atomic E-state index is -0.676. The second-order valence-corrected chi connectivity index (χ2v) is 4.94. The predicted molar refractivity (Wildman–Crippen MR) is 69.9 cm³/mol. The van der Waals surface area contributed by atoms with Crippen molar-refractivity contribution >= 4 is 5.97 Å². The van der Waals surface area contributed by atoms with Crippen LogP contribution in [0.1, 0.15) is 18.0 Å². The molecule has 0 aromatic heterocycles. The zero-order valence-electron chi connectivity index (χ0n) is 10.7. The molecule has 4 nitrogen and oxygen atoms in total. The van der Waals surface area contributed by atoms with Crippen molar-refractivity contribution in [3.63, 3.8) is 0 Å².